The zero-order valence-electron chi connectivity index (χ0n) is 7.75. The summed E-state index contributed by atoms with van der Waals surface area (Å²) in [7, 11) is 0. The molecule has 2 N–H and O–H groups in total. The number of hydrogen-bond donors (Lipinski definition) is 2. The molecule has 2 aliphatic rings. The highest BCUT2D eigenvalue weighted by Crippen LogP contribution is 2.45. The van der Waals surface area contributed by atoms with Crippen LogP contribution in [0.1, 0.15) is 0 Å². The van der Waals surface area contributed by atoms with E-state index in [4.69, 9.17) is 14.7 Å². The molecule has 0 amide bonds. The van der Waals surface area contributed by atoms with E-state index >= 15 is 0 Å². The third kappa shape index (κ3) is 1.20. The van der Waals surface area contributed by atoms with E-state index in [1.807, 2.05) is 10.6 Å². The van der Waals surface area contributed by atoms with Crippen molar-refractivity contribution in [2.24, 2.45) is 0 Å². The van der Waals surface area contributed by atoms with E-state index in [-0.39, 0.29) is 22.9 Å². The average Bonchev–Trinajstić information content (AvgIpc) is 2.70. The van der Waals surface area contributed by atoms with Crippen LogP contribution in [0.2, 0.25) is 0 Å². The zero-order chi connectivity index (χ0) is 11.3. The predicted molar refractivity (Wildman–Crippen MR) is 49.3 cm³/mol. The van der Waals surface area contributed by atoms with Gasteiger partial charge in [0.1, 0.15) is 0 Å². The molecule has 0 aromatic heterocycles. The fourth-order valence-corrected chi connectivity index (χ4v) is 1.63. The van der Waals surface area contributed by atoms with Gasteiger partial charge in [0.05, 0.1) is 11.4 Å². The molecule has 7 heteroatoms. The highest BCUT2D eigenvalue weighted by Gasteiger charge is 2.38. The number of hydrogen-bond acceptors (Lipinski definition) is 5. The number of fused-ring (bicyclic) bond motifs is 2. The van der Waals surface area contributed by atoms with Gasteiger partial charge in [-0.15, -0.1) is 0 Å². The smallest absolute Gasteiger partial charge is 0.409 e. The number of benzene rings is 1. The molecule has 0 atom stereocenters. The summed E-state index contributed by atoms with van der Waals surface area (Å²) in [5, 5.41) is 12.5. The second kappa shape index (κ2) is 2.66. The number of alkyl halides is 2. The molecular weight excluding hydrogens is 220 g/mol. The third-order valence-corrected chi connectivity index (χ3v) is 2.24. The van der Waals surface area contributed by atoms with E-state index < -0.39 is 12.5 Å². The minimum Gasteiger partial charge on any atom is -0.439 e. The van der Waals surface area contributed by atoms with E-state index in [2.05, 4.69) is 0 Å². The molecule has 0 unspecified atom stereocenters. The molecule has 0 aliphatic carbocycles. The van der Waals surface area contributed by atoms with Gasteiger partial charge in [0.15, 0.2) is 17.6 Å². The summed E-state index contributed by atoms with van der Waals surface area (Å²) in [6.45, 7) is 0. The van der Waals surface area contributed by atoms with Gasteiger partial charge < -0.3 is 20.1 Å². The lowest BCUT2D eigenvalue weighted by Crippen LogP contribution is -2.30. The minimum atomic E-state index is -3.17. The highest BCUT2D eigenvalue weighted by atomic mass is 19.3. The highest BCUT2D eigenvalue weighted by molar-refractivity contribution is 5.79. The van der Waals surface area contributed by atoms with Crippen LogP contribution in [0.25, 0.3) is 0 Å². The molecule has 2 aliphatic heterocycles. The van der Waals surface area contributed by atoms with Crippen molar-refractivity contribution in [3.05, 3.63) is 12.1 Å². The molecule has 1 aromatic carbocycles. The first kappa shape index (κ1) is 9.03. The lowest BCUT2D eigenvalue weighted by atomic mass is 10.2. The van der Waals surface area contributed by atoms with Crippen LogP contribution in [0.5, 0.6) is 11.5 Å². The Morgan fingerprint density at radius 3 is 2.12 bits per heavy atom. The lowest BCUT2D eigenvalue weighted by Gasteiger charge is -2.08. The van der Waals surface area contributed by atoms with Gasteiger partial charge in [-0.2, -0.15) is 14.0 Å². The standard InChI is InChI=1S/C9H5F2N3O2/c10-9(11)13-4-1-6-7(2-5(4)14-9)16-8(3-12)15-6/h1-2,8,13-14H. The molecule has 3 rings (SSSR count). The van der Waals surface area contributed by atoms with Crippen LogP contribution in [-0.2, 0) is 0 Å². The Morgan fingerprint density at radius 1 is 1.19 bits per heavy atom. The quantitative estimate of drug-likeness (QED) is 0.658. The second-order valence-corrected chi connectivity index (χ2v) is 3.37. The minimum absolute atomic E-state index is 0.214. The SMILES string of the molecule is N#CC1Oc2cc3c(cc2O1)NC(F)(F)N3. The average molecular weight is 225 g/mol. The molecule has 0 saturated carbocycles. The largest absolute Gasteiger partial charge is 0.439 e. The Balaban J connectivity index is 2.00. The van der Waals surface area contributed by atoms with E-state index in [1.165, 1.54) is 12.1 Å². The van der Waals surface area contributed by atoms with Crippen molar-refractivity contribution < 1.29 is 18.3 Å². The Labute approximate surface area is 88.6 Å². The zero-order valence-corrected chi connectivity index (χ0v) is 7.75. The number of ether oxygens (including phenoxy) is 2. The van der Waals surface area contributed by atoms with Gasteiger partial charge in [0.2, 0.25) is 0 Å². The maximum absolute atomic E-state index is 12.9. The monoisotopic (exact) mass is 225 g/mol. The van der Waals surface area contributed by atoms with Gasteiger partial charge in [-0.25, -0.2) is 0 Å². The van der Waals surface area contributed by atoms with Crippen LogP contribution < -0.4 is 20.1 Å². The Hall–Kier alpha value is -2.23. The molecule has 82 valence electrons. The van der Waals surface area contributed by atoms with Crippen molar-refractivity contribution in [1.29, 1.82) is 5.26 Å². The first-order valence-corrected chi connectivity index (χ1v) is 4.42. The molecule has 5 nitrogen and oxygen atoms in total. The van der Waals surface area contributed by atoms with E-state index in [0.717, 1.165) is 0 Å². The summed E-state index contributed by atoms with van der Waals surface area (Å²) in [6, 6.07) is 4.51. The van der Waals surface area contributed by atoms with Gasteiger partial charge >= 0.3 is 12.5 Å². The van der Waals surface area contributed by atoms with Crippen molar-refractivity contribution in [3.8, 4) is 17.6 Å². The van der Waals surface area contributed by atoms with Crippen molar-refractivity contribution in [2.75, 3.05) is 10.6 Å². The number of nitrogens with one attached hydrogen (secondary N) is 2. The van der Waals surface area contributed by atoms with Crippen molar-refractivity contribution >= 4 is 11.4 Å². The molecule has 0 radical (unpaired) electrons. The molecule has 0 spiro atoms. The van der Waals surface area contributed by atoms with Crippen LogP contribution in [-0.4, -0.2) is 12.5 Å². The van der Waals surface area contributed by atoms with Crippen molar-refractivity contribution in [2.45, 2.75) is 12.5 Å². The maximum Gasteiger partial charge on any atom is 0.409 e. The molecule has 1 aromatic rings. The van der Waals surface area contributed by atoms with Crippen LogP contribution >= 0.6 is 0 Å². The number of halogens is 2. The maximum atomic E-state index is 12.9. The van der Waals surface area contributed by atoms with Crippen LogP contribution in [0.3, 0.4) is 0 Å². The fraction of sp³-hybridized carbons (Fsp3) is 0.222. The van der Waals surface area contributed by atoms with Gasteiger partial charge in [0.25, 0.3) is 0 Å². The summed E-state index contributed by atoms with van der Waals surface area (Å²) in [6.07, 6.45) is -4.19. The molecule has 0 fully saturated rings. The van der Waals surface area contributed by atoms with E-state index in [1.54, 1.807) is 6.07 Å². The molecule has 0 bridgehead atoms. The van der Waals surface area contributed by atoms with Gasteiger partial charge in [-0.1, -0.05) is 0 Å². The van der Waals surface area contributed by atoms with Gasteiger partial charge in [0, 0.05) is 12.1 Å². The second-order valence-electron chi connectivity index (χ2n) is 3.37. The van der Waals surface area contributed by atoms with Crippen LogP contribution in [0.4, 0.5) is 20.2 Å². The van der Waals surface area contributed by atoms with Gasteiger partial charge in [-0.3, -0.25) is 0 Å². The summed E-state index contributed by atoms with van der Waals surface area (Å²) < 4.78 is 35.9. The first-order valence-electron chi connectivity index (χ1n) is 4.42. The van der Waals surface area contributed by atoms with E-state index in [0.29, 0.717) is 0 Å². The number of rotatable bonds is 0. The molecule has 16 heavy (non-hydrogen) atoms. The van der Waals surface area contributed by atoms with E-state index in [9.17, 15) is 8.78 Å². The summed E-state index contributed by atoms with van der Waals surface area (Å²) in [5.41, 5.74) is 0.428. The van der Waals surface area contributed by atoms with Crippen molar-refractivity contribution in [1.82, 2.24) is 0 Å². The summed E-state index contributed by atoms with van der Waals surface area (Å²) >= 11 is 0. The van der Waals surface area contributed by atoms with Crippen LogP contribution in [0.15, 0.2) is 12.1 Å². The topological polar surface area (TPSA) is 66.3 Å². The number of nitriles is 1. The normalized spacial score (nSPS) is 19.6. The molecular formula is C9H5F2N3O2. The number of nitrogens with zero attached hydrogens (tertiary/aromatic N) is 1. The third-order valence-electron chi connectivity index (χ3n) is 2.24. The predicted octanol–water partition coefficient (Wildman–Crippen LogP) is 1.70. The summed E-state index contributed by atoms with van der Waals surface area (Å²) in [4.78, 5) is 0. The van der Waals surface area contributed by atoms with Crippen molar-refractivity contribution in [3.63, 3.8) is 0 Å². The number of anilines is 2. The molecule has 0 saturated heterocycles. The summed E-state index contributed by atoms with van der Waals surface area (Å²) in [5.74, 6) is 0.551. The Kier molecular flexibility index (Phi) is 1.50. The Morgan fingerprint density at radius 2 is 1.69 bits per heavy atom. The lowest BCUT2D eigenvalue weighted by molar-refractivity contribution is 0.0704. The fourth-order valence-electron chi connectivity index (χ4n) is 1.63. The Bertz CT molecular complexity index is 475. The first-order chi connectivity index (χ1) is 7.57. The van der Waals surface area contributed by atoms with Gasteiger partial charge in [-0.05, 0) is 0 Å². The van der Waals surface area contributed by atoms with Crippen LogP contribution in [0, 0.1) is 11.3 Å². The molecule has 2 heterocycles.